The van der Waals surface area contributed by atoms with Gasteiger partial charge in [-0.25, -0.2) is 29.5 Å². The van der Waals surface area contributed by atoms with Gasteiger partial charge < -0.3 is 28.8 Å². The van der Waals surface area contributed by atoms with Crippen molar-refractivity contribution in [1.82, 2.24) is 38.6 Å². The minimum absolute atomic E-state index is 0. The number of amides is 2. The molecule has 2 aromatic carbocycles. The molecule has 2 amide bonds. The summed E-state index contributed by atoms with van der Waals surface area (Å²) in [6.07, 6.45) is -26.7. The Morgan fingerprint density at radius 3 is 1.00 bits per heavy atom. The van der Waals surface area contributed by atoms with Crippen molar-refractivity contribution >= 4 is 481 Å². The molecule has 471 valence electrons. The summed E-state index contributed by atoms with van der Waals surface area (Å²) < 4.78 is 16.5. The second-order valence-electron chi connectivity index (χ2n) is 30.0. The van der Waals surface area contributed by atoms with Crippen molar-refractivity contribution in [2.45, 2.75) is 34.4 Å². The molecule has 6 heterocycles. The lowest BCUT2D eigenvalue weighted by Gasteiger charge is -2.59. The zero-order valence-electron chi connectivity index (χ0n) is 66.3. The fourth-order valence-electron chi connectivity index (χ4n) is 17.3. The average Bonchev–Trinajstić information content (AvgIpc) is 1.58. The summed E-state index contributed by atoms with van der Waals surface area (Å²) in [6, 6.07) is 11.4. The van der Waals surface area contributed by atoms with Crippen molar-refractivity contribution in [3.05, 3.63) is 110 Å². The number of hydrogen-bond donors (Lipinski definition) is 1. The molecule has 8 rings (SSSR count). The van der Waals surface area contributed by atoms with Crippen molar-refractivity contribution in [3.8, 4) is 11.5 Å². The van der Waals surface area contributed by atoms with Crippen molar-refractivity contribution in [1.29, 1.82) is 0 Å². The highest BCUT2D eigenvalue weighted by Gasteiger charge is 2.63. The highest BCUT2D eigenvalue weighted by Crippen LogP contribution is 2.38. The summed E-state index contributed by atoms with van der Waals surface area (Å²) in [7, 11) is 216. The van der Waals surface area contributed by atoms with Gasteiger partial charge in [0.05, 0.1) is 61.6 Å². The van der Waals surface area contributed by atoms with E-state index in [4.69, 9.17) is 257 Å². The van der Waals surface area contributed by atoms with Crippen molar-refractivity contribution < 1.29 is 19.1 Å². The van der Waals surface area contributed by atoms with Crippen LogP contribution < -0.4 is 29.1 Å². The molecule has 16 nitrogen and oxygen atoms in total. The predicted octanol–water partition coefficient (Wildman–Crippen LogP) is -18.3. The first kappa shape index (κ1) is 105. The summed E-state index contributed by atoms with van der Waals surface area (Å²) in [5.74, 6) is 1.65. The lowest BCUT2D eigenvalue weighted by Crippen LogP contribution is -2.97. The third-order valence-electron chi connectivity index (χ3n) is 22.1. The highest BCUT2D eigenvalue weighted by atomic mass is 16.5. The van der Waals surface area contributed by atoms with Crippen molar-refractivity contribution in [2.75, 3.05) is 59.0 Å². The van der Waals surface area contributed by atoms with E-state index in [9.17, 15) is 9.59 Å². The molecule has 0 aliphatic carbocycles. The number of aromatic amines is 1. The first-order valence-corrected chi connectivity index (χ1v) is 38.2. The zero-order valence-corrected chi connectivity index (χ0v) is 66.3. The fraction of sp³-hybridized carbons (Fsp3) is 0.316. The molecule has 0 saturated heterocycles. The summed E-state index contributed by atoms with van der Waals surface area (Å²) in [6.45, 7) is 9.23. The van der Waals surface area contributed by atoms with Crippen LogP contribution in [0, 0.1) is 0 Å². The number of nitrogens with one attached hydrogen (secondary N) is 1. The van der Waals surface area contributed by atoms with Crippen molar-refractivity contribution in [2.24, 2.45) is 7.05 Å². The lowest BCUT2D eigenvalue weighted by atomic mass is 8.22. The molecule has 0 spiro atoms. The van der Waals surface area contributed by atoms with E-state index < -0.39 is 192 Å². The molecule has 79 heteroatoms. The van der Waals surface area contributed by atoms with E-state index in [1.807, 2.05) is 74.3 Å². The minimum atomic E-state index is -1.56. The molecule has 0 unspecified atom stereocenters. The smallest absolute Gasteiger partial charge is 0.333 e. The van der Waals surface area contributed by atoms with Crippen molar-refractivity contribution in [3.63, 3.8) is 0 Å². The van der Waals surface area contributed by atoms with Crippen LogP contribution in [-0.2, 0) is 20.1 Å². The number of anilines is 4. The molecule has 1 N–H and O–H groups in total. The van der Waals surface area contributed by atoms with Gasteiger partial charge in [-0.1, -0.05) is 7.43 Å². The van der Waals surface area contributed by atoms with Crippen LogP contribution in [0.4, 0.5) is 32.3 Å². The van der Waals surface area contributed by atoms with Crippen LogP contribution in [-0.4, -0.2) is 536 Å². The summed E-state index contributed by atoms with van der Waals surface area (Å²) >= 11 is 0. The van der Waals surface area contributed by atoms with E-state index in [0.29, 0.717) is 39.4 Å². The fourth-order valence-corrected chi connectivity index (χ4v) is 17.3. The van der Waals surface area contributed by atoms with E-state index in [1.54, 1.807) is 47.2 Å². The standard InChI is InChI=1S/C19H22N6O2.C18H20N6O2.CH4.B63/c1-3-25(19(26)24-7-6-20-13-24)16-4-5-18-17(10-16)23(8-9-27-18)12-15-11-22(2)14-21-15;1-2-24(18(25)23-6-5-19-13-23)15-3-4-17-16(9-15)22(7-8-26-17)11-14-10-20-12-21-14;;1-33-49(32)57(48(30)31)61(56(46(26)27)47(28)29)63(60(54(42(18)19)43(20)21)55(44(22)23)45(24)25)62(58(50(34(2)3)35(4)5)51(36(6)7)37(8)9)59(52(38(10)11)39(12)13)53(40(14)15)41(16)17/h4-7,10-11,13-14H,3,8-9,12H2,1-2H3;3-6,9-10,12-13H,2,7-8,11H2,1H3,(H,20,21);1H4;. The molecule has 117 heavy (non-hydrogen) atoms. The SMILES string of the molecule is C.CCN(C(=O)n1ccnc1)c1ccc2c(c1)N(Cc1cn(C)cn1)CCO2.CCN(C(=O)n1ccnc1)c1ccc2c(c1)N(Cc1cnc[nH]1)CCO2.[B][B]B([B])B(B([B])[B])B(B(B([B])[B])B([B])[B])B(B(B(B([B])[B])B([B])[B])B(B([B])[B])B([B])[B])B(B(B(B([B])[B])B([B])[B])B(B([B])[B])B([B])[B])B(B(B([B])[B])B([B])[B])B(B([B])[B])B([B])[B]. The van der Waals surface area contributed by atoms with Gasteiger partial charge in [-0.15, -0.1) is 0 Å². The molecular formula is C38H46B63N12O4. The van der Waals surface area contributed by atoms with Gasteiger partial charge >= 0.3 is 12.1 Å². The number of ether oxygens (including phenoxy) is 2. The molecule has 0 saturated carbocycles. The van der Waals surface area contributed by atoms with Gasteiger partial charge in [0.15, 0.2) is 0 Å². The molecule has 0 fully saturated rings. The third kappa shape index (κ3) is 27.3. The van der Waals surface area contributed by atoms with Gasteiger partial charge in [0, 0.05) is 515 Å². The Kier molecular flexibility index (Phi) is 44.4. The first-order valence-electron chi connectivity index (χ1n) is 38.2. The predicted molar refractivity (Wildman–Crippen MR) is 569 cm³/mol. The van der Waals surface area contributed by atoms with Crippen LogP contribution in [0.1, 0.15) is 32.7 Å². The number of carbonyl (C=O) groups is 2. The van der Waals surface area contributed by atoms with Gasteiger partial charge in [-0.3, -0.25) is 18.9 Å². The summed E-state index contributed by atoms with van der Waals surface area (Å²) in [5, 5.41) is 0. The highest BCUT2D eigenvalue weighted by molar-refractivity contribution is 8.38. The maximum absolute atomic E-state index is 12.8. The van der Waals surface area contributed by atoms with E-state index >= 15 is 0 Å². The molecule has 4 aromatic heterocycles. The minimum Gasteiger partial charge on any atom is -0.490 e. The first-order chi connectivity index (χ1) is 54.6. The van der Waals surface area contributed by atoms with E-state index in [1.165, 1.54) is 21.8 Å². The second kappa shape index (κ2) is 49.4. The number of hydrogen-bond acceptors (Lipinski definition) is 10. The van der Waals surface area contributed by atoms with E-state index in [0.717, 1.165) is 65.8 Å². The second-order valence-corrected chi connectivity index (χ2v) is 30.0. The Balaban J connectivity index is 0.000000363. The number of rotatable bonds is 38. The number of aryl methyl sites for hydroxylation is 1. The Bertz CT molecular complexity index is 3680. The number of benzene rings is 2. The van der Waals surface area contributed by atoms with E-state index in [2.05, 4.69) is 34.7 Å². The Morgan fingerprint density at radius 2 is 0.744 bits per heavy atom. The molecule has 65 radical (unpaired) electrons. The van der Waals surface area contributed by atoms with Gasteiger partial charge in [0.2, 0.25) is 0 Å². The topological polar surface area (TPSA) is 148 Å². The monoisotopic (exact) mass is 1430 g/mol. The Morgan fingerprint density at radius 1 is 0.436 bits per heavy atom. The summed E-state index contributed by atoms with van der Waals surface area (Å²) in [4.78, 5) is 53.0. The van der Waals surface area contributed by atoms with E-state index in [-0.39, 0.29) is 19.5 Å². The lowest BCUT2D eigenvalue weighted by molar-refractivity contribution is 0.247. The number of H-pyrrole nitrogens is 1. The molecule has 0 atom stereocenters. The molecular weight excluding hydrogens is 1370 g/mol. The Hall–Kier alpha value is -2.49. The normalized spacial score (nSPS) is 11.2. The zero-order chi connectivity index (χ0) is 86.8. The number of nitrogens with zero attached hydrogens (tertiary/aromatic N) is 11. The molecule has 2 aliphatic heterocycles. The van der Waals surface area contributed by atoms with Crippen LogP contribution in [0.2, 0.25) is 0 Å². The molecule has 0 bridgehead atoms. The van der Waals surface area contributed by atoms with Crippen LogP contribution in [0.25, 0.3) is 0 Å². The average molecular weight is 1420 g/mol. The van der Waals surface area contributed by atoms with Crippen LogP contribution in [0.3, 0.4) is 0 Å². The molecule has 2 aliphatic rings. The maximum Gasteiger partial charge on any atom is 0.333 e. The van der Waals surface area contributed by atoms with Gasteiger partial charge in [-0.2, -0.15) is 0 Å². The number of fused-ring (bicyclic) bond motifs is 2. The van der Waals surface area contributed by atoms with Gasteiger partial charge in [0.25, 0.3) is 0 Å². The third-order valence-corrected chi connectivity index (χ3v) is 22.1. The van der Waals surface area contributed by atoms with Gasteiger partial charge in [-0.05, 0) is 50.2 Å². The maximum atomic E-state index is 12.8. The largest absolute Gasteiger partial charge is 0.490 e. The molecule has 6 aromatic rings. The van der Waals surface area contributed by atoms with Crippen LogP contribution in [0.5, 0.6) is 11.5 Å². The summed E-state index contributed by atoms with van der Waals surface area (Å²) in [5.41, 5.74) is 5.63. The van der Waals surface area contributed by atoms with Crippen LogP contribution in [0.15, 0.2) is 98.9 Å². The number of imidazole rings is 4. The quantitative estimate of drug-likeness (QED) is 0.0372. The number of carbonyl (C=O) groups excluding carboxylic acids is 2. The number of aromatic nitrogens is 8. The Labute approximate surface area is 754 Å². The van der Waals surface area contributed by atoms with Crippen LogP contribution >= 0.6 is 0 Å². The van der Waals surface area contributed by atoms with Gasteiger partial charge in [0.1, 0.15) is 37.4 Å².